The van der Waals surface area contributed by atoms with E-state index in [0.717, 1.165) is 56.5 Å². The second-order valence-corrected chi connectivity index (χ2v) is 11.1. The van der Waals surface area contributed by atoms with Crippen molar-refractivity contribution in [3.8, 4) is 11.5 Å². The van der Waals surface area contributed by atoms with Crippen molar-refractivity contribution < 1.29 is 14.2 Å². The molecule has 3 heterocycles. The summed E-state index contributed by atoms with van der Waals surface area (Å²) in [7, 11) is 0. The maximum absolute atomic E-state index is 6.01. The topological polar surface area (TPSA) is 82.7 Å². The molecule has 0 atom stereocenters. The van der Waals surface area contributed by atoms with Gasteiger partial charge in [-0.05, 0) is 54.3 Å². The molecule has 36 heavy (non-hydrogen) atoms. The fourth-order valence-electron chi connectivity index (χ4n) is 5.26. The number of hydrogen-bond acceptors (Lipinski definition) is 7. The molecule has 1 spiro atoms. The SMILES string of the molecule is CC(C)(c1ccc(OCc2nccc(N3CC4(COC4)C3)n2)cc1)c1ccc(OC2CC(N)C2)cc1. The van der Waals surface area contributed by atoms with Crippen LogP contribution in [0.5, 0.6) is 11.5 Å². The number of nitrogens with zero attached hydrogens (tertiary/aromatic N) is 3. The van der Waals surface area contributed by atoms with Gasteiger partial charge < -0.3 is 24.8 Å². The molecule has 7 nitrogen and oxygen atoms in total. The Labute approximate surface area is 212 Å². The molecule has 7 heteroatoms. The maximum Gasteiger partial charge on any atom is 0.168 e. The Kier molecular flexibility index (Phi) is 5.85. The van der Waals surface area contributed by atoms with Crippen LogP contribution in [-0.2, 0) is 16.8 Å². The Balaban J connectivity index is 1.05. The van der Waals surface area contributed by atoms with E-state index in [4.69, 9.17) is 24.9 Å². The lowest BCUT2D eigenvalue weighted by Gasteiger charge is -2.55. The summed E-state index contributed by atoms with van der Waals surface area (Å²) in [6.07, 6.45) is 3.94. The van der Waals surface area contributed by atoms with Crippen molar-refractivity contribution >= 4 is 5.82 Å². The monoisotopic (exact) mass is 486 g/mol. The maximum atomic E-state index is 6.01. The standard InChI is InChI=1S/C29H34N4O3/c1-28(2,21-5-9-24(10-6-21)36-25-13-22(30)14-25)20-3-7-23(8-4-20)35-15-26-31-12-11-27(32-26)33-16-29(17-33)18-34-19-29/h3-12,22,25H,13-19,30H2,1-2H3. The quantitative estimate of drug-likeness (QED) is 0.514. The highest BCUT2D eigenvalue weighted by molar-refractivity contribution is 5.44. The van der Waals surface area contributed by atoms with E-state index in [9.17, 15) is 0 Å². The van der Waals surface area contributed by atoms with E-state index in [0.29, 0.717) is 23.9 Å². The summed E-state index contributed by atoms with van der Waals surface area (Å²) in [5, 5.41) is 0. The minimum atomic E-state index is -0.145. The van der Waals surface area contributed by atoms with Gasteiger partial charge in [0.25, 0.3) is 0 Å². The van der Waals surface area contributed by atoms with Crippen LogP contribution < -0.4 is 20.1 Å². The highest BCUT2D eigenvalue weighted by atomic mass is 16.5. The van der Waals surface area contributed by atoms with Crippen molar-refractivity contribution in [2.75, 3.05) is 31.2 Å². The predicted molar refractivity (Wildman–Crippen MR) is 138 cm³/mol. The fraction of sp³-hybridized carbons (Fsp3) is 0.448. The number of nitrogens with two attached hydrogens (primary N) is 1. The molecule has 1 saturated carbocycles. The first-order valence-electron chi connectivity index (χ1n) is 12.8. The predicted octanol–water partition coefficient (Wildman–Crippen LogP) is 4.09. The number of rotatable bonds is 8. The Morgan fingerprint density at radius 1 is 0.972 bits per heavy atom. The van der Waals surface area contributed by atoms with Crippen molar-refractivity contribution in [3.05, 3.63) is 77.7 Å². The molecule has 2 N–H and O–H groups in total. The highest BCUT2D eigenvalue weighted by Gasteiger charge is 2.49. The Morgan fingerprint density at radius 3 is 2.19 bits per heavy atom. The summed E-state index contributed by atoms with van der Waals surface area (Å²) in [5.74, 6) is 3.37. The summed E-state index contributed by atoms with van der Waals surface area (Å²) in [5.41, 5.74) is 8.54. The zero-order chi connectivity index (χ0) is 24.8. The molecule has 3 aliphatic rings. The van der Waals surface area contributed by atoms with Gasteiger partial charge in [-0.15, -0.1) is 0 Å². The van der Waals surface area contributed by atoms with Crippen molar-refractivity contribution in [1.82, 2.24) is 9.97 Å². The molecule has 0 unspecified atom stereocenters. The molecule has 0 bridgehead atoms. The van der Waals surface area contributed by atoms with Gasteiger partial charge in [0, 0.05) is 30.7 Å². The summed E-state index contributed by atoms with van der Waals surface area (Å²) >= 11 is 0. The zero-order valence-corrected chi connectivity index (χ0v) is 21.0. The molecule has 1 aliphatic carbocycles. The van der Waals surface area contributed by atoms with Crippen LogP contribution in [0.25, 0.3) is 0 Å². The van der Waals surface area contributed by atoms with Crippen molar-refractivity contribution in [3.63, 3.8) is 0 Å². The van der Waals surface area contributed by atoms with Crippen molar-refractivity contribution in [2.24, 2.45) is 11.1 Å². The van der Waals surface area contributed by atoms with Gasteiger partial charge in [-0.25, -0.2) is 9.97 Å². The van der Waals surface area contributed by atoms with Crippen LogP contribution in [-0.4, -0.2) is 48.4 Å². The highest BCUT2D eigenvalue weighted by Crippen LogP contribution is 2.39. The third-order valence-corrected chi connectivity index (χ3v) is 7.84. The molecular formula is C29H34N4O3. The Bertz CT molecular complexity index is 1190. The largest absolute Gasteiger partial charge is 0.490 e. The van der Waals surface area contributed by atoms with Crippen LogP contribution >= 0.6 is 0 Å². The summed E-state index contributed by atoms with van der Waals surface area (Å²) in [6, 6.07) is 19.0. The van der Waals surface area contributed by atoms with E-state index in [2.05, 4.69) is 60.1 Å². The molecule has 2 aliphatic heterocycles. The molecular weight excluding hydrogens is 452 g/mol. The van der Waals surface area contributed by atoms with E-state index in [1.807, 2.05) is 24.4 Å². The summed E-state index contributed by atoms with van der Waals surface area (Å²) < 4.78 is 17.4. The number of hydrogen-bond donors (Lipinski definition) is 1. The number of aromatic nitrogens is 2. The average Bonchev–Trinajstić information content (AvgIpc) is 2.81. The lowest BCUT2D eigenvalue weighted by atomic mass is 9.78. The average molecular weight is 487 g/mol. The smallest absolute Gasteiger partial charge is 0.168 e. The fourth-order valence-corrected chi connectivity index (χ4v) is 5.26. The van der Waals surface area contributed by atoms with Crippen LogP contribution in [0.4, 0.5) is 5.82 Å². The Morgan fingerprint density at radius 2 is 1.61 bits per heavy atom. The molecule has 1 aromatic heterocycles. The first kappa shape index (κ1) is 23.3. The van der Waals surface area contributed by atoms with Crippen LogP contribution in [0.15, 0.2) is 60.8 Å². The molecule has 2 aromatic carbocycles. The van der Waals surface area contributed by atoms with E-state index in [1.54, 1.807) is 0 Å². The van der Waals surface area contributed by atoms with E-state index in [1.165, 1.54) is 11.1 Å². The van der Waals surface area contributed by atoms with Crippen LogP contribution in [0.3, 0.4) is 0 Å². The minimum Gasteiger partial charge on any atom is -0.490 e. The summed E-state index contributed by atoms with van der Waals surface area (Å²) in [4.78, 5) is 11.4. The van der Waals surface area contributed by atoms with Gasteiger partial charge in [0.15, 0.2) is 5.82 Å². The van der Waals surface area contributed by atoms with Crippen LogP contribution in [0, 0.1) is 5.41 Å². The van der Waals surface area contributed by atoms with Gasteiger partial charge in [-0.3, -0.25) is 0 Å². The van der Waals surface area contributed by atoms with E-state index >= 15 is 0 Å². The van der Waals surface area contributed by atoms with Gasteiger partial charge in [0.1, 0.15) is 30.0 Å². The molecule has 0 radical (unpaired) electrons. The Hall–Kier alpha value is -3.16. The van der Waals surface area contributed by atoms with Crippen LogP contribution in [0.2, 0.25) is 0 Å². The molecule has 3 fully saturated rings. The van der Waals surface area contributed by atoms with E-state index in [-0.39, 0.29) is 11.5 Å². The number of benzene rings is 2. The first-order chi connectivity index (χ1) is 17.4. The van der Waals surface area contributed by atoms with Crippen molar-refractivity contribution in [2.45, 2.75) is 50.9 Å². The normalized spacial score (nSPS) is 22.4. The lowest BCUT2D eigenvalue weighted by Crippen LogP contribution is -2.66. The second-order valence-electron chi connectivity index (χ2n) is 11.1. The molecule has 3 aromatic rings. The molecule has 188 valence electrons. The first-order valence-corrected chi connectivity index (χ1v) is 12.8. The summed E-state index contributed by atoms with van der Waals surface area (Å²) in [6.45, 7) is 8.56. The van der Waals surface area contributed by atoms with Crippen molar-refractivity contribution in [1.29, 1.82) is 0 Å². The van der Waals surface area contributed by atoms with Gasteiger partial charge >= 0.3 is 0 Å². The number of ether oxygens (including phenoxy) is 3. The lowest BCUT2D eigenvalue weighted by molar-refractivity contribution is -0.127. The van der Waals surface area contributed by atoms with Crippen LogP contribution in [0.1, 0.15) is 43.6 Å². The molecule has 6 rings (SSSR count). The zero-order valence-electron chi connectivity index (χ0n) is 21.0. The second kappa shape index (κ2) is 9.05. The molecule has 2 saturated heterocycles. The van der Waals surface area contributed by atoms with Gasteiger partial charge in [-0.1, -0.05) is 38.1 Å². The third kappa shape index (κ3) is 4.53. The van der Waals surface area contributed by atoms with E-state index < -0.39 is 0 Å². The van der Waals surface area contributed by atoms with Gasteiger partial charge in [0.05, 0.1) is 18.6 Å². The molecule has 0 amide bonds. The minimum absolute atomic E-state index is 0.145. The number of anilines is 1. The van der Waals surface area contributed by atoms with Gasteiger partial charge in [-0.2, -0.15) is 0 Å². The third-order valence-electron chi connectivity index (χ3n) is 7.84. The van der Waals surface area contributed by atoms with Gasteiger partial charge in [0.2, 0.25) is 0 Å².